The van der Waals surface area contributed by atoms with Crippen molar-refractivity contribution >= 4 is 28.8 Å². The highest BCUT2D eigenvalue weighted by Gasteiger charge is 2.06. The fraction of sp³-hybridized carbons (Fsp3) is 0.176. The lowest BCUT2D eigenvalue weighted by Gasteiger charge is -2.07. The molecule has 0 fully saturated rings. The lowest BCUT2D eigenvalue weighted by atomic mass is 10.1. The van der Waals surface area contributed by atoms with Crippen LogP contribution in [0.1, 0.15) is 34.8 Å². The molecule has 0 saturated carbocycles. The highest BCUT2D eigenvalue weighted by atomic mass is 32.1. The average Bonchev–Trinajstić information content (AvgIpc) is 2.49. The molecule has 0 heterocycles. The molecule has 0 saturated heterocycles. The van der Waals surface area contributed by atoms with Crippen molar-refractivity contribution in [3.05, 3.63) is 65.2 Å². The number of anilines is 1. The van der Waals surface area contributed by atoms with Gasteiger partial charge < -0.3 is 11.1 Å². The lowest BCUT2D eigenvalue weighted by Crippen LogP contribution is -2.13. The topological polar surface area (TPSA) is 55.1 Å². The third-order valence-corrected chi connectivity index (χ3v) is 3.42. The monoisotopic (exact) mass is 298 g/mol. The predicted molar refractivity (Wildman–Crippen MR) is 90.7 cm³/mol. The van der Waals surface area contributed by atoms with Gasteiger partial charge in [0, 0.05) is 16.8 Å². The van der Waals surface area contributed by atoms with Crippen molar-refractivity contribution in [2.45, 2.75) is 19.8 Å². The third-order valence-electron chi connectivity index (χ3n) is 3.18. The number of carbonyl (C=O) groups is 1. The Balaban J connectivity index is 2.05. The molecule has 0 atom stereocenters. The number of aryl methyl sites for hydroxylation is 1. The van der Waals surface area contributed by atoms with Crippen molar-refractivity contribution in [3.8, 4) is 0 Å². The molecule has 4 heteroatoms. The van der Waals surface area contributed by atoms with E-state index in [1.54, 1.807) is 24.3 Å². The molecule has 2 rings (SSSR count). The molecule has 3 nitrogen and oxygen atoms in total. The van der Waals surface area contributed by atoms with Crippen molar-refractivity contribution in [1.82, 2.24) is 0 Å². The number of nitrogens with one attached hydrogen (secondary N) is 1. The fourth-order valence-electron chi connectivity index (χ4n) is 2.03. The molecule has 0 aliphatic rings. The largest absolute Gasteiger partial charge is 0.389 e. The van der Waals surface area contributed by atoms with E-state index in [2.05, 4.69) is 12.2 Å². The first kappa shape index (κ1) is 15.2. The van der Waals surface area contributed by atoms with Crippen molar-refractivity contribution in [3.63, 3.8) is 0 Å². The molecule has 108 valence electrons. The van der Waals surface area contributed by atoms with Crippen molar-refractivity contribution in [2.24, 2.45) is 5.73 Å². The lowest BCUT2D eigenvalue weighted by molar-refractivity contribution is 0.102. The van der Waals surface area contributed by atoms with Gasteiger partial charge in [-0.3, -0.25) is 4.79 Å². The molecule has 1 amide bonds. The molecule has 21 heavy (non-hydrogen) atoms. The Labute approximate surface area is 130 Å². The normalized spacial score (nSPS) is 10.1. The van der Waals surface area contributed by atoms with Crippen LogP contribution in [0, 0.1) is 0 Å². The summed E-state index contributed by atoms with van der Waals surface area (Å²) in [5.41, 5.74) is 8.93. The SMILES string of the molecule is CCCc1ccc(NC(=O)c2ccc(C(N)=S)cc2)cc1. The molecule has 2 aromatic rings. The molecule has 0 aliphatic heterocycles. The van der Waals surface area contributed by atoms with Gasteiger partial charge in [-0.05, 0) is 36.2 Å². The summed E-state index contributed by atoms with van der Waals surface area (Å²) in [5, 5.41) is 2.87. The number of carbonyl (C=O) groups excluding carboxylic acids is 1. The number of benzene rings is 2. The number of thiocarbonyl (C=S) groups is 1. The second kappa shape index (κ2) is 6.99. The number of amides is 1. The summed E-state index contributed by atoms with van der Waals surface area (Å²) in [4.78, 5) is 12.5. The maximum atomic E-state index is 12.1. The van der Waals surface area contributed by atoms with E-state index in [1.165, 1.54) is 5.56 Å². The Hall–Kier alpha value is -2.20. The van der Waals surface area contributed by atoms with Gasteiger partial charge in [-0.25, -0.2) is 0 Å². The predicted octanol–water partition coefficient (Wildman–Crippen LogP) is 3.53. The van der Waals surface area contributed by atoms with Crippen LogP contribution in [0.4, 0.5) is 5.69 Å². The second-order valence-corrected chi connectivity index (χ2v) is 5.28. The van der Waals surface area contributed by atoms with Gasteiger partial charge >= 0.3 is 0 Å². The molecular weight excluding hydrogens is 280 g/mol. The number of rotatable bonds is 5. The van der Waals surface area contributed by atoms with Crippen LogP contribution in [-0.4, -0.2) is 10.9 Å². The van der Waals surface area contributed by atoms with Crippen LogP contribution in [0.25, 0.3) is 0 Å². The summed E-state index contributed by atoms with van der Waals surface area (Å²) in [5.74, 6) is -0.146. The van der Waals surface area contributed by atoms with Crippen LogP contribution in [0.15, 0.2) is 48.5 Å². The van der Waals surface area contributed by atoms with E-state index < -0.39 is 0 Å². The van der Waals surface area contributed by atoms with Crippen molar-refractivity contribution in [1.29, 1.82) is 0 Å². The highest BCUT2D eigenvalue weighted by Crippen LogP contribution is 2.13. The Kier molecular flexibility index (Phi) is 5.06. The molecule has 0 spiro atoms. The number of hydrogen-bond acceptors (Lipinski definition) is 2. The molecular formula is C17H18N2OS. The summed E-state index contributed by atoms with van der Waals surface area (Å²) in [7, 11) is 0. The summed E-state index contributed by atoms with van der Waals surface area (Å²) < 4.78 is 0. The van der Waals surface area contributed by atoms with Gasteiger partial charge in [-0.2, -0.15) is 0 Å². The zero-order valence-electron chi connectivity index (χ0n) is 11.9. The van der Waals surface area contributed by atoms with Gasteiger partial charge in [-0.15, -0.1) is 0 Å². The first-order valence-electron chi connectivity index (χ1n) is 6.90. The Morgan fingerprint density at radius 2 is 1.62 bits per heavy atom. The van der Waals surface area contributed by atoms with E-state index in [-0.39, 0.29) is 5.91 Å². The summed E-state index contributed by atoms with van der Waals surface area (Å²) in [6, 6.07) is 14.9. The van der Waals surface area contributed by atoms with E-state index >= 15 is 0 Å². The van der Waals surface area contributed by atoms with Crippen LogP contribution in [0.3, 0.4) is 0 Å². The zero-order valence-corrected chi connectivity index (χ0v) is 12.7. The van der Waals surface area contributed by atoms with Crippen LogP contribution in [0.5, 0.6) is 0 Å². The first-order chi connectivity index (χ1) is 10.1. The van der Waals surface area contributed by atoms with Gasteiger partial charge in [-0.1, -0.05) is 49.8 Å². The minimum absolute atomic E-state index is 0.146. The summed E-state index contributed by atoms with van der Waals surface area (Å²) in [6.07, 6.45) is 2.16. The van der Waals surface area contributed by atoms with Gasteiger partial charge in [0.2, 0.25) is 0 Å². The van der Waals surface area contributed by atoms with Gasteiger partial charge in [0.15, 0.2) is 0 Å². The van der Waals surface area contributed by atoms with Crippen LogP contribution < -0.4 is 11.1 Å². The van der Waals surface area contributed by atoms with E-state index in [0.717, 1.165) is 24.1 Å². The fourth-order valence-corrected chi connectivity index (χ4v) is 2.17. The molecule has 3 N–H and O–H groups in total. The molecule has 0 aliphatic carbocycles. The quantitative estimate of drug-likeness (QED) is 0.830. The minimum Gasteiger partial charge on any atom is -0.389 e. The minimum atomic E-state index is -0.146. The smallest absolute Gasteiger partial charge is 0.255 e. The van der Waals surface area contributed by atoms with Gasteiger partial charge in [0.25, 0.3) is 5.91 Å². The Bertz CT molecular complexity index is 633. The maximum absolute atomic E-state index is 12.1. The van der Waals surface area contributed by atoms with Crippen molar-refractivity contribution < 1.29 is 4.79 Å². The summed E-state index contributed by atoms with van der Waals surface area (Å²) in [6.45, 7) is 2.15. The summed E-state index contributed by atoms with van der Waals surface area (Å²) >= 11 is 4.89. The zero-order chi connectivity index (χ0) is 15.2. The second-order valence-electron chi connectivity index (χ2n) is 4.84. The van der Waals surface area contributed by atoms with E-state index in [1.807, 2.05) is 24.3 Å². The first-order valence-corrected chi connectivity index (χ1v) is 7.31. The molecule has 0 bridgehead atoms. The molecule has 0 radical (unpaired) electrons. The Morgan fingerprint density at radius 1 is 1.05 bits per heavy atom. The third kappa shape index (κ3) is 4.13. The standard InChI is InChI=1S/C17H18N2OS/c1-2-3-12-4-10-15(11-5-12)19-17(20)14-8-6-13(7-9-14)16(18)21/h4-11H,2-3H2,1H3,(H2,18,21)(H,19,20). The van der Waals surface area contributed by atoms with E-state index in [9.17, 15) is 4.79 Å². The molecule has 2 aromatic carbocycles. The number of hydrogen-bond donors (Lipinski definition) is 2. The highest BCUT2D eigenvalue weighted by molar-refractivity contribution is 7.80. The number of nitrogens with two attached hydrogens (primary N) is 1. The maximum Gasteiger partial charge on any atom is 0.255 e. The molecule has 0 unspecified atom stereocenters. The van der Waals surface area contributed by atoms with Crippen LogP contribution in [-0.2, 0) is 6.42 Å². The molecule has 0 aromatic heterocycles. The van der Waals surface area contributed by atoms with Crippen LogP contribution >= 0.6 is 12.2 Å². The van der Waals surface area contributed by atoms with Crippen LogP contribution in [0.2, 0.25) is 0 Å². The van der Waals surface area contributed by atoms with E-state index in [4.69, 9.17) is 18.0 Å². The van der Waals surface area contributed by atoms with Crippen molar-refractivity contribution in [2.75, 3.05) is 5.32 Å². The van der Waals surface area contributed by atoms with Gasteiger partial charge in [0.1, 0.15) is 4.99 Å². The van der Waals surface area contributed by atoms with E-state index in [0.29, 0.717) is 10.6 Å². The average molecular weight is 298 g/mol. The Morgan fingerprint density at radius 3 is 2.14 bits per heavy atom. The van der Waals surface area contributed by atoms with Gasteiger partial charge in [0.05, 0.1) is 0 Å².